The lowest BCUT2D eigenvalue weighted by Gasteiger charge is -1.96. The van der Waals surface area contributed by atoms with Gasteiger partial charge in [0.15, 0.2) is 17.0 Å². The van der Waals surface area contributed by atoms with Crippen molar-refractivity contribution in [1.82, 2.24) is 4.98 Å². The van der Waals surface area contributed by atoms with Crippen molar-refractivity contribution in [3.05, 3.63) is 84.2 Å². The summed E-state index contributed by atoms with van der Waals surface area (Å²) in [7, 11) is 0. The van der Waals surface area contributed by atoms with Crippen LogP contribution in [0.15, 0.2) is 55.3 Å². The summed E-state index contributed by atoms with van der Waals surface area (Å²) in [6, 6.07) is 9.23. The van der Waals surface area contributed by atoms with E-state index in [0.717, 1.165) is 27.7 Å². The summed E-state index contributed by atoms with van der Waals surface area (Å²) < 4.78 is 25.5. The van der Waals surface area contributed by atoms with E-state index < -0.39 is 0 Å². The van der Waals surface area contributed by atoms with E-state index in [1.165, 1.54) is 37.3 Å². The molecule has 154 valence electrons. The first kappa shape index (κ1) is 22.7. The Labute approximate surface area is 174 Å². The van der Waals surface area contributed by atoms with E-state index in [2.05, 4.69) is 23.1 Å². The number of allylic oxidation sites excluding steroid dienone is 1. The van der Waals surface area contributed by atoms with Crippen LogP contribution in [0.25, 0.3) is 17.0 Å². The molecule has 3 aromatic rings. The minimum Gasteiger partial charge on any atom is -0.361 e. The summed E-state index contributed by atoms with van der Waals surface area (Å²) in [5.41, 5.74) is 3.69. The number of H-pyrrole nitrogens is 1. The molecule has 1 aliphatic rings. The second-order valence-corrected chi connectivity index (χ2v) is 6.67. The fourth-order valence-corrected chi connectivity index (χ4v) is 2.63. The first-order chi connectivity index (χ1) is 14.3. The second kappa shape index (κ2) is 10.8. The van der Waals surface area contributed by atoms with Crippen molar-refractivity contribution in [2.75, 3.05) is 5.32 Å². The number of nitrogens with one attached hydrogen (secondary N) is 2. The Morgan fingerprint density at radius 1 is 1.10 bits per heavy atom. The number of benzene rings is 2. The second-order valence-electron chi connectivity index (χ2n) is 6.67. The number of ketones is 2. The van der Waals surface area contributed by atoms with Gasteiger partial charge in [-0.25, -0.2) is 8.78 Å². The molecule has 2 N–H and O–H groups in total. The molecular formula is C24H23F2N2O2+. The van der Waals surface area contributed by atoms with E-state index in [9.17, 15) is 18.4 Å². The standard InChI is InChI=1S/C12H12FNO.C8H5FN.C4H6O/c1-8(15)2-3-9-7-14-12-5-4-10(13)6-11(9)12;9-7-1-2-8-6(5-7)3-4-10-8;1-3-4(2)5/h4-7,14H,2-3H2,1H3;1-3,5,10H;3H,1H2,2H3/q;+1;. The normalized spacial score (nSPS) is 10.5. The van der Waals surface area contributed by atoms with Gasteiger partial charge in [0.25, 0.3) is 0 Å². The number of hydrogen-bond acceptors (Lipinski definition) is 3. The summed E-state index contributed by atoms with van der Waals surface area (Å²) in [6.45, 7) is 6.24. The van der Waals surface area contributed by atoms with Crippen LogP contribution in [0.1, 0.15) is 31.4 Å². The van der Waals surface area contributed by atoms with Crippen molar-refractivity contribution in [3.63, 3.8) is 0 Å². The molecule has 30 heavy (non-hydrogen) atoms. The molecule has 0 radical (unpaired) electrons. The highest BCUT2D eigenvalue weighted by atomic mass is 19.1. The highest BCUT2D eigenvalue weighted by Crippen LogP contribution is 2.22. The van der Waals surface area contributed by atoms with Gasteiger partial charge in [0, 0.05) is 29.6 Å². The number of hydrogen-bond donors (Lipinski definition) is 2. The quantitative estimate of drug-likeness (QED) is 0.435. The van der Waals surface area contributed by atoms with Gasteiger partial charge in [-0.2, -0.15) is 5.32 Å². The van der Waals surface area contributed by atoms with Gasteiger partial charge < -0.3 is 9.78 Å². The maximum atomic E-state index is 13.0. The van der Waals surface area contributed by atoms with Crippen LogP contribution < -0.4 is 5.32 Å². The fourth-order valence-electron chi connectivity index (χ4n) is 2.63. The molecule has 0 spiro atoms. The lowest BCUT2D eigenvalue weighted by molar-refractivity contribution is -0.117. The molecule has 1 aliphatic heterocycles. The molecule has 4 nitrogen and oxygen atoms in total. The maximum absolute atomic E-state index is 13.0. The Morgan fingerprint density at radius 2 is 1.77 bits per heavy atom. The van der Waals surface area contributed by atoms with Crippen molar-refractivity contribution < 1.29 is 18.4 Å². The molecule has 0 fully saturated rings. The molecule has 0 amide bonds. The van der Waals surface area contributed by atoms with Gasteiger partial charge in [0.05, 0.1) is 6.07 Å². The van der Waals surface area contributed by atoms with E-state index in [1.54, 1.807) is 25.1 Å². The SMILES string of the molecule is C=CC(C)=O.CC(=O)CCc1c[nH]c2ccc(F)cc12.Fc1ccc2c(c1)C=[C+]N2. The molecule has 4 rings (SSSR count). The lowest BCUT2D eigenvalue weighted by atomic mass is 10.1. The number of rotatable bonds is 4. The van der Waals surface area contributed by atoms with Crippen LogP contribution in [-0.4, -0.2) is 16.6 Å². The summed E-state index contributed by atoms with van der Waals surface area (Å²) in [6.07, 6.45) is 8.78. The van der Waals surface area contributed by atoms with E-state index in [0.29, 0.717) is 12.8 Å². The third kappa shape index (κ3) is 6.76. The minimum absolute atomic E-state index is 0.0185. The van der Waals surface area contributed by atoms with Gasteiger partial charge in [-0.15, -0.1) is 0 Å². The molecule has 6 heteroatoms. The van der Waals surface area contributed by atoms with E-state index in [1.807, 2.05) is 6.20 Å². The van der Waals surface area contributed by atoms with Crippen molar-refractivity contribution in [1.29, 1.82) is 0 Å². The molecule has 1 aromatic heterocycles. The van der Waals surface area contributed by atoms with E-state index >= 15 is 0 Å². The van der Waals surface area contributed by atoms with E-state index in [-0.39, 0.29) is 23.2 Å². The van der Waals surface area contributed by atoms with Crippen LogP contribution >= 0.6 is 0 Å². The van der Waals surface area contributed by atoms with Gasteiger partial charge in [0.2, 0.25) is 0 Å². The molecule has 0 unspecified atom stereocenters. The number of aromatic amines is 1. The first-order valence-electron chi connectivity index (χ1n) is 9.32. The predicted molar refractivity (Wildman–Crippen MR) is 116 cm³/mol. The number of aryl methyl sites for hydroxylation is 1. The van der Waals surface area contributed by atoms with Crippen LogP contribution in [0.4, 0.5) is 14.5 Å². The molecule has 0 bridgehead atoms. The first-order valence-corrected chi connectivity index (χ1v) is 9.32. The number of carbonyl (C=O) groups excluding carboxylic acids is 2. The number of anilines is 1. The highest BCUT2D eigenvalue weighted by molar-refractivity contribution is 5.86. The van der Waals surface area contributed by atoms with Crippen molar-refractivity contribution in [2.24, 2.45) is 0 Å². The third-order valence-corrected chi connectivity index (χ3v) is 4.21. The largest absolute Gasteiger partial charge is 0.361 e. The topological polar surface area (TPSA) is 62.0 Å². The van der Waals surface area contributed by atoms with Crippen molar-refractivity contribution >= 4 is 34.2 Å². The van der Waals surface area contributed by atoms with Crippen LogP contribution in [-0.2, 0) is 16.0 Å². The highest BCUT2D eigenvalue weighted by Gasteiger charge is 2.15. The summed E-state index contributed by atoms with van der Waals surface area (Å²) in [5.74, 6) is -0.280. The van der Waals surface area contributed by atoms with Crippen LogP contribution in [0.3, 0.4) is 0 Å². The van der Waals surface area contributed by atoms with Gasteiger partial charge >= 0.3 is 0 Å². The molecule has 0 atom stereocenters. The monoisotopic (exact) mass is 409 g/mol. The van der Waals surface area contributed by atoms with Gasteiger partial charge in [-0.3, -0.25) is 4.79 Å². The van der Waals surface area contributed by atoms with Gasteiger partial charge in [-0.1, -0.05) is 6.58 Å². The zero-order valence-electron chi connectivity index (χ0n) is 16.9. The van der Waals surface area contributed by atoms with Gasteiger partial charge in [-0.05, 0) is 56.2 Å². The predicted octanol–water partition coefficient (Wildman–Crippen LogP) is 5.62. The Kier molecular flexibility index (Phi) is 8.15. The average Bonchev–Trinajstić information content (AvgIpc) is 3.33. The Morgan fingerprint density at radius 3 is 2.43 bits per heavy atom. The van der Waals surface area contributed by atoms with Crippen molar-refractivity contribution in [2.45, 2.75) is 26.7 Å². The molecule has 2 aromatic carbocycles. The third-order valence-electron chi connectivity index (χ3n) is 4.21. The van der Waals surface area contributed by atoms with Crippen LogP contribution in [0.5, 0.6) is 0 Å². The molecule has 2 heterocycles. The number of Topliss-reactive ketones (excluding diaryl/α,β-unsaturated/α-hetero) is 1. The summed E-state index contributed by atoms with van der Waals surface area (Å²) in [5, 5.41) is 3.73. The summed E-state index contributed by atoms with van der Waals surface area (Å²) >= 11 is 0. The molecule has 0 saturated carbocycles. The average molecular weight is 409 g/mol. The van der Waals surface area contributed by atoms with Gasteiger partial charge in [0.1, 0.15) is 29.7 Å². The lowest BCUT2D eigenvalue weighted by Crippen LogP contribution is -1.92. The molecule has 0 aliphatic carbocycles. The Bertz CT molecular complexity index is 1080. The van der Waals surface area contributed by atoms with Crippen molar-refractivity contribution in [3.8, 4) is 0 Å². The zero-order chi connectivity index (χ0) is 22.1. The van der Waals surface area contributed by atoms with Crippen LogP contribution in [0.2, 0.25) is 0 Å². The minimum atomic E-state index is -0.244. The smallest absolute Gasteiger partial charge is 0.198 e. The Balaban J connectivity index is 0.000000184. The number of halogens is 2. The summed E-state index contributed by atoms with van der Waals surface area (Å²) in [4.78, 5) is 23.6. The van der Waals surface area contributed by atoms with E-state index in [4.69, 9.17) is 0 Å². The number of fused-ring (bicyclic) bond motifs is 2. The Hall–Kier alpha value is -3.63. The maximum Gasteiger partial charge on any atom is 0.198 e. The molecular weight excluding hydrogens is 386 g/mol. The fraction of sp³-hybridized carbons (Fsp3) is 0.167. The zero-order valence-corrected chi connectivity index (χ0v) is 16.9. The van der Waals surface area contributed by atoms with Crippen LogP contribution in [0, 0.1) is 17.8 Å². The number of carbonyl (C=O) groups is 2. The molecule has 0 saturated heterocycles. The number of aromatic nitrogens is 1.